The fraction of sp³-hybridized carbons (Fsp3) is 0.207. The maximum atomic E-state index is 14.3. The highest BCUT2D eigenvalue weighted by atomic mass is 19.3. The van der Waals surface area contributed by atoms with Crippen molar-refractivity contribution in [3.05, 3.63) is 137 Å². The van der Waals surface area contributed by atoms with Crippen LogP contribution < -0.4 is 10.6 Å². The molecular formula is C29H29F2N3O. The van der Waals surface area contributed by atoms with Gasteiger partial charge in [0.1, 0.15) is 0 Å². The molecule has 6 heteroatoms. The van der Waals surface area contributed by atoms with Crippen molar-refractivity contribution in [3.63, 3.8) is 0 Å². The molecule has 1 aromatic heterocycles. The first-order chi connectivity index (χ1) is 16.9. The number of aliphatic hydroxyl groups is 1. The molecular weight excluding hydrogens is 444 g/mol. The number of pyridine rings is 1. The lowest BCUT2D eigenvalue weighted by molar-refractivity contribution is 0.0172. The van der Waals surface area contributed by atoms with Gasteiger partial charge in [-0.1, -0.05) is 84.9 Å². The summed E-state index contributed by atoms with van der Waals surface area (Å²) in [5, 5.41) is 17.5. The third-order valence-corrected chi connectivity index (χ3v) is 6.00. The molecule has 3 N–H and O–H groups in total. The summed E-state index contributed by atoms with van der Waals surface area (Å²) >= 11 is 0. The Bertz CT molecular complexity index is 1200. The second-order valence-electron chi connectivity index (χ2n) is 8.67. The normalized spacial score (nSPS) is 14.3. The van der Waals surface area contributed by atoms with Crippen LogP contribution in [0.15, 0.2) is 109 Å². The number of aliphatic hydroxyl groups excluding tert-OH is 1. The Morgan fingerprint density at radius 1 is 0.800 bits per heavy atom. The van der Waals surface area contributed by atoms with Crippen LogP contribution in [0, 0.1) is 0 Å². The highest BCUT2D eigenvalue weighted by Gasteiger charge is 2.39. The van der Waals surface area contributed by atoms with Gasteiger partial charge < -0.3 is 5.11 Å². The number of aromatic nitrogens is 1. The zero-order valence-corrected chi connectivity index (χ0v) is 19.5. The molecule has 0 aliphatic heterocycles. The molecule has 3 aromatic carbocycles. The Balaban J connectivity index is 1.78. The van der Waals surface area contributed by atoms with Crippen LogP contribution in [0.4, 0.5) is 8.78 Å². The second kappa shape index (κ2) is 10.9. The number of rotatable bonds is 10. The van der Waals surface area contributed by atoms with Gasteiger partial charge >= 0.3 is 0 Å². The molecule has 35 heavy (non-hydrogen) atoms. The molecule has 0 fully saturated rings. The van der Waals surface area contributed by atoms with E-state index in [0.717, 1.165) is 18.1 Å². The maximum absolute atomic E-state index is 14.3. The average Bonchev–Trinajstić information content (AvgIpc) is 2.88. The first-order valence-electron chi connectivity index (χ1n) is 11.5. The Morgan fingerprint density at radius 3 is 2.06 bits per heavy atom. The van der Waals surface area contributed by atoms with Crippen molar-refractivity contribution in [2.75, 3.05) is 0 Å². The predicted molar refractivity (Wildman–Crippen MR) is 134 cm³/mol. The molecule has 0 saturated carbocycles. The minimum atomic E-state index is -3.01. The van der Waals surface area contributed by atoms with Gasteiger partial charge in [-0.15, -0.1) is 0 Å². The van der Waals surface area contributed by atoms with Gasteiger partial charge in [-0.25, -0.2) is 8.78 Å². The van der Waals surface area contributed by atoms with Gasteiger partial charge in [-0.2, -0.15) is 0 Å². The molecule has 0 radical (unpaired) electrons. The number of nitrogens with zero attached hydrogens (tertiary/aromatic N) is 1. The van der Waals surface area contributed by atoms with E-state index in [-0.39, 0.29) is 5.56 Å². The standard InChI is InChI=1S/C29H29F2N3O/c1-28(30,31)24-15-10-16-25(19-24)29(26-17-8-9-18-32-26,20-22-11-4-2-5-12-22)34-27(35)33-21-23-13-6-3-7-14-23/h2-19,27,33-35H,20-21H2,1H3. The quantitative estimate of drug-likeness (QED) is 0.272. The lowest BCUT2D eigenvalue weighted by Gasteiger charge is -2.38. The zero-order chi connectivity index (χ0) is 24.7. The number of nitrogens with one attached hydrogen (secondary N) is 2. The van der Waals surface area contributed by atoms with E-state index in [9.17, 15) is 13.9 Å². The topological polar surface area (TPSA) is 57.2 Å². The largest absolute Gasteiger partial charge is 0.365 e. The summed E-state index contributed by atoms with van der Waals surface area (Å²) in [4.78, 5) is 4.60. The number of hydrogen-bond acceptors (Lipinski definition) is 4. The van der Waals surface area contributed by atoms with Crippen LogP contribution in [-0.4, -0.2) is 16.4 Å². The van der Waals surface area contributed by atoms with Crippen molar-refractivity contribution < 1.29 is 13.9 Å². The number of benzene rings is 3. The minimum Gasteiger partial charge on any atom is -0.365 e. The zero-order valence-electron chi connectivity index (χ0n) is 19.5. The van der Waals surface area contributed by atoms with E-state index in [1.807, 2.05) is 72.8 Å². The van der Waals surface area contributed by atoms with Gasteiger partial charge in [0.15, 0.2) is 6.35 Å². The molecule has 0 aliphatic carbocycles. The van der Waals surface area contributed by atoms with Gasteiger partial charge in [-0.05, 0) is 34.9 Å². The summed E-state index contributed by atoms with van der Waals surface area (Å²) in [6.45, 7) is 1.31. The van der Waals surface area contributed by atoms with Crippen molar-refractivity contribution in [1.82, 2.24) is 15.6 Å². The van der Waals surface area contributed by atoms with Crippen molar-refractivity contribution in [1.29, 1.82) is 0 Å². The molecule has 2 atom stereocenters. The van der Waals surface area contributed by atoms with Crippen molar-refractivity contribution >= 4 is 0 Å². The number of halogens is 2. The van der Waals surface area contributed by atoms with Crippen LogP contribution in [0.2, 0.25) is 0 Å². The Hall–Kier alpha value is -3.45. The van der Waals surface area contributed by atoms with Crippen molar-refractivity contribution in [2.45, 2.75) is 37.7 Å². The van der Waals surface area contributed by atoms with E-state index in [1.165, 1.54) is 12.1 Å². The average molecular weight is 474 g/mol. The third-order valence-electron chi connectivity index (χ3n) is 6.00. The van der Waals surface area contributed by atoms with Gasteiger partial charge in [0, 0.05) is 31.6 Å². The first kappa shape index (κ1) is 24.7. The molecule has 1 heterocycles. The smallest absolute Gasteiger partial charge is 0.270 e. The summed E-state index contributed by atoms with van der Waals surface area (Å²) in [6.07, 6.45) is 0.902. The first-order valence-corrected chi connectivity index (χ1v) is 11.5. The fourth-order valence-electron chi connectivity index (χ4n) is 4.22. The lowest BCUT2D eigenvalue weighted by Crippen LogP contribution is -2.55. The minimum absolute atomic E-state index is 0.100. The Labute approximate surface area is 204 Å². The van der Waals surface area contributed by atoms with Crippen molar-refractivity contribution in [2.24, 2.45) is 0 Å². The van der Waals surface area contributed by atoms with E-state index in [2.05, 4.69) is 15.6 Å². The summed E-state index contributed by atoms with van der Waals surface area (Å²) < 4.78 is 28.7. The number of alkyl halides is 2. The molecule has 180 valence electrons. The van der Waals surface area contributed by atoms with Crippen LogP contribution in [0.25, 0.3) is 0 Å². The summed E-state index contributed by atoms with van der Waals surface area (Å²) in [7, 11) is 0. The predicted octanol–water partition coefficient (Wildman–Crippen LogP) is 5.33. The van der Waals surface area contributed by atoms with Gasteiger partial charge in [0.05, 0.1) is 11.2 Å². The summed E-state index contributed by atoms with van der Waals surface area (Å²) in [5.74, 6) is -3.01. The highest BCUT2D eigenvalue weighted by molar-refractivity contribution is 5.41. The summed E-state index contributed by atoms with van der Waals surface area (Å²) in [6, 6.07) is 31.3. The second-order valence-corrected chi connectivity index (χ2v) is 8.67. The van der Waals surface area contributed by atoms with Crippen LogP contribution >= 0.6 is 0 Å². The Morgan fingerprint density at radius 2 is 1.43 bits per heavy atom. The molecule has 0 spiro atoms. The molecule has 4 aromatic rings. The van der Waals surface area contributed by atoms with E-state index < -0.39 is 17.8 Å². The molecule has 2 unspecified atom stereocenters. The van der Waals surface area contributed by atoms with E-state index in [0.29, 0.717) is 24.2 Å². The van der Waals surface area contributed by atoms with Gasteiger partial charge in [0.25, 0.3) is 5.92 Å². The monoisotopic (exact) mass is 473 g/mol. The maximum Gasteiger partial charge on any atom is 0.270 e. The van der Waals surface area contributed by atoms with Crippen molar-refractivity contribution in [3.8, 4) is 0 Å². The number of hydrogen-bond donors (Lipinski definition) is 3. The highest BCUT2D eigenvalue weighted by Crippen LogP contribution is 2.36. The molecule has 0 bridgehead atoms. The molecule has 0 aliphatic rings. The van der Waals surface area contributed by atoms with Crippen LogP contribution in [-0.2, 0) is 24.4 Å². The SMILES string of the molecule is CC(F)(F)c1cccc(C(Cc2ccccc2)(NC(O)NCc2ccccc2)c2ccccn2)c1. The van der Waals surface area contributed by atoms with Crippen LogP contribution in [0.5, 0.6) is 0 Å². The van der Waals surface area contributed by atoms with Gasteiger partial charge in [0.2, 0.25) is 0 Å². The van der Waals surface area contributed by atoms with Gasteiger partial charge in [-0.3, -0.25) is 15.6 Å². The Kier molecular flexibility index (Phi) is 7.66. The molecule has 0 amide bonds. The molecule has 0 saturated heterocycles. The van der Waals surface area contributed by atoms with Crippen LogP contribution in [0.3, 0.4) is 0 Å². The van der Waals surface area contributed by atoms with Crippen LogP contribution in [0.1, 0.15) is 34.9 Å². The molecule has 4 nitrogen and oxygen atoms in total. The van der Waals surface area contributed by atoms with E-state index >= 15 is 0 Å². The van der Waals surface area contributed by atoms with E-state index in [4.69, 9.17) is 0 Å². The molecule has 4 rings (SSSR count). The van der Waals surface area contributed by atoms with E-state index in [1.54, 1.807) is 24.4 Å². The lowest BCUT2D eigenvalue weighted by atomic mass is 9.79. The summed E-state index contributed by atoms with van der Waals surface area (Å²) in [5.41, 5.74) is 1.98. The third kappa shape index (κ3) is 6.17. The fourth-order valence-corrected chi connectivity index (χ4v) is 4.22.